The highest BCUT2D eigenvalue weighted by Gasteiger charge is 2.21. The number of hydrogen-bond acceptors (Lipinski definition) is 3. The maximum Gasteiger partial charge on any atom is 0.0473 e. The van der Waals surface area contributed by atoms with Crippen LogP contribution in [0.25, 0.3) is 0 Å². The Hall–Kier alpha value is -0.900. The van der Waals surface area contributed by atoms with Crippen LogP contribution >= 0.6 is 0 Å². The molecular weight excluding hydrogens is 248 g/mol. The van der Waals surface area contributed by atoms with Gasteiger partial charge in [-0.05, 0) is 17.4 Å². The molecule has 0 saturated carbocycles. The highest BCUT2D eigenvalue weighted by molar-refractivity contribution is 5.14. The second kappa shape index (κ2) is 7.77. The Morgan fingerprint density at radius 3 is 2.15 bits per heavy atom. The average Bonchev–Trinajstić information content (AvgIpc) is 2.47. The van der Waals surface area contributed by atoms with Crippen molar-refractivity contribution >= 4 is 0 Å². The number of benzene rings is 1. The van der Waals surface area contributed by atoms with Crippen molar-refractivity contribution in [2.45, 2.75) is 20.4 Å². The molecule has 1 N–H and O–H groups in total. The predicted octanol–water partition coefficient (Wildman–Crippen LogP) is 2.07. The molecule has 1 aromatic rings. The first-order valence-corrected chi connectivity index (χ1v) is 7.78. The Morgan fingerprint density at radius 2 is 1.60 bits per heavy atom. The summed E-state index contributed by atoms with van der Waals surface area (Å²) >= 11 is 0. The third-order valence-corrected chi connectivity index (χ3v) is 4.38. The van der Waals surface area contributed by atoms with Crippen molar-refractivity contribution in [1.82, 2.24) is 9.80 Å². The fourth-order valence-electron chi connectivity index (χ4n) is 2.78. The lowest BCUT2D eigenvalue weighted by molar-refractivity contribution is 0.0832. The van der Waals surface area contributed by atoms with Crippen LogP contribution in [0, 0.1) is 11.8 Å². The van der Waals surface area contributed by atoms with Gasteiger partial charge < -0.3 is 10.0 Å². The molecule has 0 aromatic heterocycles. The van der Waals surface area contributed by atoms with E-state index in [2.05, 4.69) is 54.0 Å². The van der Waals surface area contributed by atoms with Gasteiger partial charge in [0.2, 0.25) is 0 Å². The minimum atomic E-state index is 0.307. The molecule has 1 heterocycles. The average molecular weight is 276 g/mol. The summed E-state index contributed by atoms with van der Waals surface area (Å²) in [4.78, 5) is 5.03. The lowest BCUT2D eigenvalue weighted by Gasteiger charge is -2.37. The first-order valence-electron chi connectivity index (χ1n) is 7.78. The molecule has 1 atom stereocenters. The summed E-state index contributed by atoms with van der Waals surface area (Å²) in [5.74, 6) is 0.970. The molecule has 0 aliphatic carbocycles. The van der Waals surface area contributed by atoms with E-state index in [9.17, 15) is 5.11 Å². The SMILES string of the molecule is CC(C)C(CO)CN1CCN(Cc2ccccc2)CC1. The molecule has 0 amide bonds. The highest BCUT2D eigenvalue weighted by Crippen LogP contribution is 2.14. The topological polar surface area (TPSA) is 26.7 Å². The molecule has 20 heavy (non-hydrogen) atoms. The first-order chi connectivity index (χ1) is 9.69. The number of aliphatic hydroxyl groups excluding tert-OH is 1. The van der Waals surface area contributed by atoms with Gasteiger partial charge in [0, 0.05) is 45.9 Å². The molecule has 0 spiro atoms. The van der Waals surface area contributed by atoms with E-state index in [1.165, 1.54) is 5.56 Å². The molecule has 1 fully saturated rings. The Morgan fingerprint density at radius 1 is 1.00 bits per heavy atom. The van der Waals surface area contributed by atoms with Gasteiger partial charge in [-0.3, -0.25) is 4.90 Å². The highest BCUT2D eigenvalue weighted by atomic mass is 16.3. The zero-order valence-electron chi connectivity index (χ0n) is 12.8. The minimum Gasteiger partial charge on any atom is -0.396 e. The molecule has 1 aromatic carbocycles. The van der Waals surface area contributed by atoms with Gasteiger partial charge in [-0.2, -0.15) is 0 Å². The molecule has 3 heteroatoms. The Kier molecular flexibility index (Phi) is 6.02. The fraction of sp³-hybridized carbons (Fsp3) is 0.647. The monoisotopic (exact) mass is 276 g/mol. The minimum absolute atomic E-state index is 0.307. The van der Waals surface area contributed by atoms with Gasteiger partial charge >= 0.3 is 0 Å². The Bertz CT molecular complexity index is 372. The maximum atomic E-state index is 9.44. The van der Waals surface area contributed by atoms with Crippen LogP contribution in [0.5, 0.6) is 0 Å². The molecular formula is C17H28N2O. The van der Waals surface area contributed by atoms with E-state index in [-0.39, 0.29) is 0 Å². The summed E-state index contributed by atoms with van der Waals surface area (Å²) < 4.78 is 0. The lowest BCUT2D eigenvalue weighted by Crippen LogP contribution is -2.48. The molecule has 1 saturated heterocycles. The maximum absolute atomic E-state index is 9.44. The summed E-state index contributed by atoms with van der Waals surface area (Å²) in [6.45, 7) is 11.3. The lowest BCUT2D eigenvalue weighted by atomic mass is 9.96. The van der Waals surface area contributed by atoms with Crippen LogP contribution in [0.15, 0.2) is 30.3 Å². The third kappa shape index (κ3) is 4.58. The van der Waals surface area contributed by atoms with Gasteiger partial charge in [0.25, 0.3) is 0 Å². The molecule has 1 aliphatic heterocycles. The van der Waals surface area contributed by atoms with Crippen LogP contribution in [0.3, 0.4) is 0 Å². The van der Waals surface area contributed by atoms with E-state index in [1.54, 1.807) is 0 Å². The number of rotatable bonds is 6. The zero-order chi connectivity index (χ0) is 14.4. The number of aliphatic hydroxyl groups is 1. The van der Waals surface area contributed by atoms with Crippen molar-refractivity contribution in [2.24, 2.45) is 11.8 Å². The molecule has 0 radical (unpaired) electrons. The van der Waals surface area contributed by atoms with Gasteiger partial charge in [0.1, 0.15) is 0 Å². The van der Waals surface area contributed by atoms with Gasteiger partial charge in [0.05, 0.1) is 0 Å². The van der Waals surface area contributed by atoms with E-state index in [0.29, 0.717) is 18.4 Å². The first kappa shape index (κ1) is 15.5. The Balaban J connectivity index is 1.75. The third-order valence-electron chi connectivity index (χ3n) is 4.38. The molecule has 0 bridgehead atoms. The van der Waals surface area contributed by atoms with Crippen molar-refractivity contribution < 1.29 is 5.11 Å². The fourth-order valence-corrected chi connectivity index (χ4v) is 2.78. The molecule has 1 aliphatic rings. The standard InChI is InChI=1S/C17H28N2O/c1-15(2)17(14-20)13-19-10-8-18(9-11-19)12-16-6-4-3-5-7-16/h3-7,15,17,20H,8-14H2,1-2H3. The summed E-state index contributed by atoms with van der Waals surface area (Å²) in [5.41, 5.74) is 1.40. The number of hydrogen-bond donors (Lipinski definition) is 1. The predicted molar refractivity (Wildman–Crippen MR) is 83.6 cm³/mol. The quantitative estimate of drug-likeness (QED) is 0.861. The van der Waals surface area contributed by atoms with E-state index >= 15 is 0 Å². The van der Waals surface area contributed by atoms with Crippen LogP contribution in [0.1, 0.15) is 19.4 Å². The molecule has 112 valence electrons. The Labute approximate surface area is 123 Å². The van der Waals surface area contributed by atoms with Crippen molar-refractivity contribution in [3.05, 3.63) is 35.9 Å². The normalized spacial score (nSPS) is 19.4. The van der Waals surface area contributed by atoms with Crippen LogP contribution < -0.4 is 0 Å². The second-order valence-corrected chi connectivity index (χ2v) is 6.25. The van der Waals surface area contributed by atoms with Gasteiger partial charge in [-0.1, -0.05) is 44.2 Å². The number of piperazine rings is 1. The van der Waals surface area contributed by atoms with Crippen molar-refractivity contribution in [3.8, 4) is 0 Å². The number of nitrogens with zero attached hydrogens (tertiary/aromatic N) is 2. The van der Waals surface area contributed by atoms with Crippen molar-refractivity contribution in [1.29, 1.82) is 0 Å². The summed E-state index contributed by atoms with van der Waals surface area (Å²) in [6, 6.07) is 10.7. The van der Waals surface area contributed by atoms with Gasteiger partial charge in [-0.15, -0.1) is 0 Å². The largest absolute Gasteiger partial charge is 0.396 e. The van der Waals surface area contributed by atoms with E-state index in [1.807, 2.05) is 0 Å². The van der Waals surface area contributed by atoms with E-state index in [0.717, 1.165) is 39.3 Å². The molecule has 2 rings (SSSR count). The second-order valence-electron chi connectivity index (χ2n) is 6.25. The smallest absolute Gasteiger partial charge is 0.0473 e. The zero-order valence-corrected chi connectivity index (χ0v) is 12.8. The summed E-state index contributed by atoms with van der Waals surface area (Å²) in [7, 11) is 0. The van der Waals surface area contributed by atoms with E-state index < -0.39 is 0 Å². The van der Waals surface area contributed by atoms with Crippen LogP contribution in [0.2, 0.25) is 0 Å². The van der Waals surface area contributed by atoms with Crippen LogP contribution in [-0.4, -0.2) is 54.2 Å². The summed E-state index contributed by atoms with van der Waals surface area (Å²) in [6.07, 6.45) is 0. The van der Waals surface area contributed by atoms with Crippen LogP contribution in [0.4, 0.5) is 0 Å². The molecule has 3 nitrogen and oxygen atoms in total. The van der Waals surface area contributed by atoms with Gasteiger partial charge in [-0.25, -0.2) is 0 Å². The van der Waals surface area contributed by atoms with Crippen LogP contribution in [-0.2, 0) is 6.54 Å². The van der Waals surface area contributed by atoms with Crippen molar-refractivity contribution in [3.63, 3.8) is 0 Å². The van der Waals surface area contributed by atoms with Gasteiger partial charge in [0.15, 0.2) is 0 Å². The summed E-state index contributed by atoms with van der Waals surface area (Å²) in [5, 5.41) is 9.44. The molecule has 1 unspecified atom stereocenters. The van der Waals surface area contributed by atoms with E-state index in [4.69, 9.17) is 0 Å². The van der Waals surface area contributed by atoms with Crippen molar-refractivity contribution in [2.75, 3.05) is 39.3 Å².